The third-order valence-corrected chi connectivity index (χ3v) is 4.40. The molecule has 0 radical (unpaired) electrons. The summed E-state index contributed by atoms with van der Waals surface area (Å²) in [5.41, 5.74) is 2.26. The number of piperazine rings is 1. The third kappa shape index (κ3) is 4.58. The van der Waals surface area contributed by atoms with Crippen LogP contribution in [0.2, 0.25) is 0 Å². The van der Waals surface area contributed by atoms with Gasteiger partial charge in [-0.2, -0.15) is 0 Å². The van der Waals surface area contributed by atoms with Crippen LogP contribution in [-0.2, 0) is 0 Å². The second kappa shape index (κ2) is 7.99. The minimum absolute atomic E-state index is 0.0655. The summed E-state index contributed by atoms with van der Waals surface area (Å²) in [4.78, 5) is 4.67. The predicted molar refractivity (Wildman–Crippen MR) is 86.3 cm³/mol. The summed E-state index contributed by atoms with van der Waals surface area (Å²) >= 11 is 6.62. The normalized spacial score (nSPS) is 18.7. The first-order valence-corrected chi connectivity index (χ1v) is 7.92. The van der Waals surface area contributed by atoms with Gasteiger partial charge in [0.15, 0.2) is 0 Å². The number of methoxy groups -OCH3 is 1. The van der Waals surface area contributed by atoms with Gasteiger partial charge in [-0.1, -0.05) is 17.7 Å². The van der Waals surface area contributed by atoms with Crippen LogP contribution in [0.4, 0.5) is 0 Å². The molecule has 118 valence electrons. The number of aliphatic hydroxyl groups excluding tert-OH is 1. The monoisotopic (exact) mass is 312 g/mol. The molecular formula is C16H25ClN2O2. The highest BCUT2D eigenvalue weighted by atomic mass is 35.5. The van der Waals surface area contributed by atoms with Crippen LogP contribution in [0.5, 0.6) is 5.75 Å². The molecule has 0 spiro atoms. The van der Waals surface area contributed by atoms with E-state index in [9.17, 15) is 0 Å². The number of aliphatic hydroxyl groups is 1. The van der Waals surface area contributed by atoms with E-state index in [0.717, 1.165) is 50.6 Å². The Bertz CT molecular complexity index is 448. The fourth-order valence-electron chi connectivity index (χ4n) is 2.76. The Labute approximate surface area is 132 Å². The number of ether oxygens (including phenoxy) is 1. The summed E-state index contributed by atoms with van der Waals surface area (Å²) in [6.07, 6.45) is 0. The first-order valence-electron chi connectivity index (χ1n) is 7.48. The molecule has 1 atom stereocenters. The van der Waals surface area contributed by atoms with Crippen molar-refractivity contribution in [2.24, 2.45) is 0 Å². The molecule has 1 aliphatic heterocycles. The van der Waals surface area contributed by atoms with E-state index >= 15 is 0 Å². The molecular weight excluding hydrogens is 288 g/mol. The van der Waals surface area contributed by atoms with Gasteiger partial charge < -0.3 is 9.84 Å². The van der Waals surface area contributed by atoms with Crippen molar-refractivity contribution in [1.29, 1.82) is 0 Å². The second-order valence-corrected chi connectivity index (χ2v) is 6.11. The molecule has 2 rings (SSSR count). The van der Waals surface area contributed by atoms with Crippen LogP contribution in [0.1, 0.15) is 16.5 Å². The average Bonchev–Trinajstić information content (AvgIpc) is 2.49. The Morgan fingerprint density at radius 3 is 2.52 bits per heavy atom. The first-order chi connectivity index (χ1) is 10.1. The molecule has 1 saturated heterocycles. The number of halogens is 1. The van der Waals surface area contributed by atoms with Crippen molar-refractivity contribution in [1.82, 2.24) is 9.80 Å². The van der Waals surface area contributed by atoms with Gasteiger partial charge >= 0.3 is 0 Å². The summed E-state index contributed by atoms with van der Waals surface area (Å²) in [7, 11) is 1.69. The number of β-amino-alcohol motifs (C(OH)–C–C–N with tert-alkyl or cyclic N) is 1. The Hall–Kier alpha value is -0.810. The number of alkyl halides is 1. The Kier molecular flexibility index (Phi) is 6.30. The third-order valence-electron chi connectivity index (χ3n) is 4.02. The van der Waals surface area contributed by atoms with Crippen LogP contribution in [0.25, 0.3) is 0 Å². The predicted octanol–water partition coefficient (Wildman–Crippen LogP) is 1.89. The van der Waals surface area contributed by atoms with Crippen LogP contribution < -0.4 is 4.74 Å². The standard InChI is InChI=1S/C16H25ClN2O2/c1-13-3-4-16(21-2)14(11-13)15(17)12-19-7-5-18(6-8-19)9-10-20/h3-4,11,15,20H,5-10,12H2,1-2H3. The van der Waals surface area contributed by atoms with Gasteiger partial charge in [0.25, 0.3) is 0 Å². The number of benzene rings is 1. The molecule has 1 aliphatic rings. The lowest BCUT2D eigenvalue weighted by Crippen LogP contribution is -2.47. The Morgan fingerprint density at radius 1 is 1.24 bits per heavy atom. The maximum absolute atomic E-state index is 8.97. The van der Waals surface area contributed by atoms with E-state index in [4.69, 9.17) is 21.4 Å². The summed E-state index contributed by atoms with van der Waals surface area (Å²) in [5.74, 6) is 0.861. The lowest BCUT2D eigenvalue weighted by molar-refractivity contribution is 0.112. The van der Waals surface area contributed by atoms with Gasteiger partial charge in [0, 0.05) is 44.8 Å². The largest absolute Gasteiger partial charge is 0.496 e. The van der Waals surface area contributed by atoms with Crippen molar-refractivity contribution in [2.45, 2.75) is 12.3 Å². The van der Waals surface area contributed by atoms with Crippen LogP contribution >= 0.6 is 11.6 Å². The van der Waals surface area contributed by atoms with E-state index in [1.54, 1.807) is 7.11 Å². The number of hydrogen-bond acceptors (Lipinski definition) is 4. The van der Waals surface area contributed by atoms with E-state index in [1.807, 2.05) is 12.1 Å². The van der Waals surface area contributed by atoms with Gasteiger partial charge in [-0.05, 0) is 13.0 Å². The number of rotatable bonds is 6. The quantitative estimate of drug-likeness (QED) is 0.814. The Morgan fingerprint density at radius 2 is 1.90 bits per heavy atom. The first kappa shape index (κ1) is 16.6. The van der Waals surface area contributed by atoms with E-state index in [-0.39, 0.29) is 12.0 Å². The molecule has 0 amide bonds. The molecule has 1 unspecified atom stereocenters. The molecule has 1 fully saturated rings. The van der Waals surface area contributed by atoms with E-state index < -0.39 is 0 Å². The van der Waals surface area contributed by atoms with Crippen molar-refractivity contribution in [2.75, 3.05) is 53.0 Å². The fourth-order valence-corrected chi connectivity index (χ4v) is 3.13. The summed E-state index contributed by atoms with van der Waals surface area (Å²) in [6.45, 7) is 7.88. The van der Waals surface area contributed by atoms with Gasteiger partial charge in [-0.15, -0.1) is 11.6 Å². The highest BCUT2D eigenvalue weighted by molar-refractivity contribution is 6.21. The number of hydrogen-bond donors (Lipinski definition) is 1. The average molecular weight is 313 g/mol. The molecule has 0 bridgehead atoms. The molecule has 0 saturated carbocycles. The molecule has 0 aromatic heterocycles. The minimum Gasteiger partial charge on any atom is -0.496 e. The zero-order valence-corrected chi connectivity index (χ0v) is 13.6. The van der Waals surface area contributed by atoms with Crippen LogP contribution in [0.15, 0.2) is 18.2 Å². The van der Waals surface area contributed by atoms with Gasteiger partial charge in [0.2, 0.25) is 0 Å². The number of aryl methyl sites for hydroxylation is 1. The molecule has 1 N–H and O–H groups in total. The summed E-state index contributed by atoms with van der Waals surface area (Å²) in [6, 6.07) is 6.14. The molecule has 1 heterocycles. The van der Waals surface area contributed by atoms with E-state index in [2.05, 4.69) is 22.8 Å². The Balaban J connectivity index is 1.93. The smallest absolute Gasteiger partial charge is 0.123 e. The van der Waals surface area contributed by atoms with E-state index in [0.29, 0.717) is 0 Å². The van der Waals surface area contributed by atoms with E-state index in [1.165, 1.54) is 5.56 Å². The van der Waals surface area contributed by atoms with Crippen molar-refractivity contribution in [3.63, 3.8) is 0 Å². The fraction of sp³-hybridized carbons (Fsp3) is 0.625. The highest BCUT2D eigenvalue weighted by Crippen LogP contribution is 2.31. The molecule has 1 aromatic rings. The van der Waals surface area contributed by atoms with Gasteiger partial charge in [0.1, 0.15) is 5.75 Å². The van der Waals surface area contributed by atoms with Crippen molar-refractivity contribution >= 4 is 11.6 Å². The summed E-state index contributed by atoms with van der Waals surface area (Å²) < 4.78 is 5.42. The lowest BCUT2D eigenvalue weighted by Gasteiger charge is -2.35. The van der Waals surface area contributed by atoms with Crippen LogP contribution in [0.3, 0.4) is 0 Å². The van der Waals surface area contributed by atoms with Crippen LogP contribution in [0, 0.1) is 6.92 Å². The SMILES string of the molecule is COc1ccc(C)cc1C(Cl)CN1CCN(CCO)CC1. The molecule has 21 heavy (non-hydrogen) atoms. The maximum Gasteiger partial charge on any atom is 0.123 e. The molecule has 5 heteroatoms. The topological polar surface area (TPSA) is 35.9 Å². The van der Waals surface area contributed by atoms with Crippen molar-refractivity contribution in [3.8, 4) is 5.75 Å². The molecule has 1 aromatic carbocycles. The maximum atomic E-state index is 8.97. The highest BCUT2D eigenvalue weighted by Gasteiger charge is 2.21. The lowest BCUT2D eigenvalue weighted by atomic mass is 10.1. The zero-order chi connectivity index (χ0) is 15.2. The van der Waals surface area contributed by atoms with Crippen molar-refractivity contribution < 1.29 is 9.84 Å². The van der Waals surface area contributed by atoms with Gasteiger partial charge in [-0.3, -0.25) is 9.80 Å². The minimum atomic E-state index is -0.0655. The second-order valence-electron chi connectivity index (χ2n) is 5.58. The summed E-state index contributed by atoms with van der Waals surface area (Å²) in [5, 5.41) is 8.91. The number of nitrogens with zero attached hydrogens (tertiary/aromatic N) is 2. The van der Waals surface area contributed by atoms with Gasteiger partial charge in [0.05, 0.1) is 19.1 Å². The van der Waals surface area contributed by atoms with Gasteiger partial charge in [-0.25, -0.2) is 0 Å². The molecule has 4 nitrogen and oxygen atoms in total. The van der Waals surface area contributed by atoms with Crippen LogP contribution in [-0.4, -0.2) is 67.9 Å². The molecule has 0 aliphatic carbocycles. The zero-order valence-electron chi connectivity index (χ0n) is 12.9. The van der Waals surface area contributed by atoms with Crippen molar-refractivity contribution in [3.05, 3.63) is 29.3 Å².